The Labute approximate surface area is 174 Å². The summed E-state index contributed by atoms with van der Waals surface area (Å²) in [5.41, 5.74) is 1.25. The summed E-state index contributed by atoms with van der Waals surface area (Å²) < 4.78 is 24.8. The van der Waals surface area contributed by atoms with E-state index >= 15 is 0 Å². The Hall–Kier alpha value is -2.54. The van der Waals surface area contributed by atoms with E-state index in [1.165, 1.54) is 5.69 Å². The quantitative estimate of drug-likeness (QED) is 0.429. The topological polar surface area (TPSA) is 65.0 Å². The van der Waals surface area contributed by atoms with Crippen molar-refractivity contribution in [3.05, 3.63) is 60.7 Å². The van der Waals surface area contributed by atoms with Crippen molar-refractivity contribution in [1.82, 2.24) is 10.2 Å². The Balaban J connectivity index is 1.52. The van der Waals surface area contributed by atoms with Gasteiger partial charge in [0.15, 0.2) is 15.8 Å². The smallest absolute Gasteiger partial charge is 0.194 e. The maximum absolute atomic E-state index is 12.4. The molecule has 1 aliphatic rings. The molecule has 0 aromatic heterocycles. The summed E-state index contributed by atoms with van der Waals surface area (Å²) >= 11 is 0. The summed E-state index contributed by atoms with van der Waals surface area (Å²) in [6.07, 6.45) is 0.510. The highest BCUT2D eigenvalue weighted by molar-refractivity contribution is 7.91. The monoisotopic (exact) mass is 414 g/mol. The lowest BCUT2D eigenvalue weighted by Crippen LogP contribution is -2.52. The number of hydrogen-bond acceptors (Lipinski definition) is 4. The summed E-state index contributed by atoms with van der Waals surface area (Å²) in [5.74, 6) is 0.985. The maximum atomic E-state index is 12.4. The minimum Gasteiger partial charge on any atom is -0.368 e. The Bertz CT molecular complexity index is 878. The number of benzene rings is 2. The van der Waals surface area contributed by atoms with Crippen molar-refractivity contribution in [1.29, 1.82) is 0 Å². The molecule has 3 rings (SSSR count). The van der Waals surface area contributed by atoms with E-state index in [-0.39, 0.29) is 5.75 Å². The number of nitrogens with zero attached hydrogens (tertiary/aromatic N) is 3. The fraction of sp³-hybridized carbons (Fsp3) is 0.409. The van der Waals surface area contributed by atoms with Crippen molar-refractivity contribution >= 4 is 21.5 Å². The van der Waals surface area contributed by atoms with Crippen LogP contribution < -0.4 is 10.2 Å². The van der Waals surface area contributed by atoms with Gasteiger partial charge in [-0.1, -0.05) is 36.4 Å². The molecule has 29 heavy (non-hydrogen) atoms. The van der Waals surface area contributed by atoms with Gasteiger partial charge in [0, 0.05) is 45.0 Å². The second kappa shape index (κ2) is 10.3. The molecule has 1 N–H and O–H groups in total. The number of anilines is 1. The van der Waals surface area contributed by atoms with Crippen LogP contribution in [0.15, 0.2) is 70.6 Å². The van der Waals surface area contributed by atoms with Crippen molar-refractivity contribution in [3.63, 3.8) is 0 Å². The van der Waals surface area contributed by atoms with Crippen LogP contribution in [0.5, 0.6) is 0 Å². The van der Waals surface area contributed by atoms with Crippen LogP contribution in [0.2, 0.25) is 0 Å². The van der Waals surface area contributed by atoms with Gasteiger partial charge in [-0.3, -0.25) is 4.99 Å². The minimum atomic E-state index is -3.24. The summed E-state index contributed by atoms with van der Waals surface area (Å²) in [7, 11) is -3.24. The van der Waals surface area contributed by atoms with E-state index in [9.17, 15) is 8.42 Å². The van der Waals surface area contributed by atoms with Crippen LogP contribution >= 0.6 is 0 Å². The molecular formula is C22H30N4O2S. The largest absolute Gasteiger partial charge is 0.368 e. The van der Waals surface area contributed by atoms with E-state index in [4.69, 9.17) is 0 Å². The van der Waals surface area contributed by atoms with E-state index in [1.807, 2.05) is 12.1 Å². The molecule has 0 aliphatic carbocycles. The van der Waals surface area contributed by atoms with Crippen LogP contribution in [0.1, 0.15) is 13.3 Å². The van der Waals surface area contributed by atoms with E-state index < -0.39 is 9.84 Å². The molecule has 1 heterocycles. The number of piperazine rings is 1. The van der Waals surface area contributed by atoms with Gasteiger partial charge < -0.3 is 15.1 Å². The highest BCUT2D eigenvalue weighted by atomic mass is 32.2. The average Bonchev–Trinajstić information content (AvgIpc) is 2.77. The van der Waals surface area contributed by atoms with Crippen molar-refractivity contribution in [2.24, 2.45) is 4.99 Å². The first-order chi connectivity index (χ1) is 14.1. The second-order valence-corrected chi connectivity index (χ2v) is 9.14. The van der Waals surface area contributed by atoms with Gasteiger partial charge in [0.1, 0.15) is 0 Å². The van der Waals surface area contributed by atoms with Crippen LogP contribution in [-0.4, -0.2) is 64.3 Å². The summed E-state index contributed by atoms with van der Waals surface area (Å²) in [6, 6.07) is 19.1. The van der Waals surface area contributed by atoms with Gasteiger partial charge in [0.05, 0.1) is 10.6 Å². The number of rotatable bonds is 7. The maximum Gasteiger partial charge on any atom is 0.194 e. The van der Waals surface area contributed by atoms with Crippen LogP contribution in [-0.2, 0) is 9.84 Å². The van der Waals surface area contributed by atoms with Crippen LogP contribution in [0.4, 0.5) is 5.69 Å². The molecule has 0 bridgehead atoms. The minimum absolute atomic E-state index is 0.113. The molecule has 6 nitrogen and oxygen atoms in total. The molecule has 0 atom stereocenters. The Morgan fingerprint density at radius 2 is 1.59 bits per heavy atom. The normalized spacial score (nSPS) is 15.4. The lowest BCUT2D eigenvalue weighted by molar-refractivity contribution is 0.372. The number of aliphatic imine (C=N–C) groups is 1. The average molecular weight is 415 g/mol. The van der Waals surface area contributed by atoms with Crippen LogP contribution in [0.25, 0.3) is 0 Å². The Morgan fingerprint density at radius 3 is 2.21 bits per heavy atom. The van der Waals surface area contributed by atoms with Gasteiger partial charge in [-0.25, -0.2) is 8.42 Å². The van der Waals surface area contributed by atoms with Gasteiger partial charge in [0.25, 0.3) is 0 Å². The molecule has 0 saturated carbocycles. The molecule has 2 aromatic rings. The summed E-state index contributed by atoms with van der Waals surface area (Å²) in [5, 5.41) is 3.34. The van der Waals surface area contributed by atoms with Crippen LogP contribution in [0, 0.1) is 0 Å². The van der Waals surface area contributed by atoms with E-state index in [0.717, 1.165) is 38.7 Å². The van der Waals surface area contributed by atoms with E-state index in [1.54, 1.807) is 24.3 Å². The zero-order valence-corrected chi connectivity index (χ0v) is 17.8. The van der Waals surface area contributed by atoms with Gasteiger partial charge in [-0.05, 0) is 37.6 Å². The summed E-state index contributed by atoms with van der Waals surface area (Å²) in [4.78, 5) is 9.70. The van der Waals surface area contributed by atoms with Crippen molar-refractivity contribution in [2.45, 2.75) is 18.2 Å². The molecule has 0 spiro atoms. The van der Waals surface area contributed by atoms with Crippen molar-refractivity contribution in [2.75, 3.05) is 49.9 Å². The molecule has 1 fully saturated rings. The number of sulfone groups is 1. The van der Waals surface area contributed by atoms with Crippen molar-refractivity contribution < 1.29 is 8.42 Å². The molecule has 2 aromatic carbocycles. The van der Waals surface area contributed by atoms with Gasteiger partial charge in [0.2, 0.25) is 0 Å². The first-order valence-electron chi connectivity index (χ1n) is 10.2. The fourth-order valence-corrected chi connectivity index (χ4v) is 4.74. The van der Waals surface area contributed by atoms with Crippen LogP contribution in [0.3, 0.4) is 0 Å². The number of para-hydroxylation sites is 1. The predicted molar refractivity (Wildman–Crippen MR) is 119 cm³/mol. The first kappa shape index (κ1) is 21.2. The van der Waals surface area contributed by atoms with Crippen molar-refractivity contribution in [3.8, 4) is 0 Å². The molecular weight excluding hydrogens is 384 g/mol. The third-order valence-corrected chi connectivity index (χ3v) is 6.79. The predicted octanol–water partition coefficient (Wildman–Crippen LogP) is 2.64. The lowest BCUT2D eigenvalue weighted by Gasteiger charge is -2.37. The summed E-state index contributed by atoms with van der Waals surface area (Å²) in [6.45, 7) is 7.00. The molecule has 156 valence electrons. The first-order valence-corrected chi connectivity index (χ1v) is 11.9. The lowest BCUT2D eigenvalue weighted by atomic mass is 10.2. The zero-order valence-electron chi connectivity index (χ0n) is 17.0. The molecule has 1 saturated heterocycles. The highest BCUT2D eigenvalue weighted by Gasteiger charge is 2.20. The number of hydrogen-bond donors (Lipinski definition) is 1. The molecule has 0 radical (unpaired) electrons. The standard InChI is InChI=1S/C22H30N4O2S/c1-2-23-22(24-14-9-19-29(27,28)21-12-7-4-8-13-21)26-17-15-25(16-18-26)20-10-5-3-6-11-20/h3-8,10-13H,2,9,14-19H2,1H3,(H,23,24). The zero-order chi connectivity index (χ0) is 20.5. The third kappa shape index (κ3) is 5.97. The fourth-order valence-electron chi connectivity index (χ4n) is 3.43. The Kier molecular flexibility index (Phi) is 7.52. The number of guanidine groups is 1. The number of nitrogens with one attached hydrogen (secondary N) is 1. The third-order valence-electron chi connectivity index (χ3n) is 4.97. The van der Waals surface area contributed by atoms with E-state index in [2.05, 4.69) is 51.3 Å². The molecule has 0 amide bonds. The van der Waals surface area contributed by atoms with E-state index in [0.29, 0.717) is 17.9 Å². The van der Waals surface area contributed by atoms with Gasteiger partial charge in [-0.2, -0.15) is 0 Å². The molecule has 0 unspecified atom stereocenters. The van der Waals surface area contributed by atoms with Gasteiger partial charge in [-0.15, -0.1) is 0 Å². The molecule has 1 aliphatic heterocycles. The second-order valence-electron chi connectivity index (χ2n) is 7.03. The Morgan fingerprint density at radius 1 is 0.966 bits per heavy atom. The highest BCUT2D eigenvalue weighted by Crippen LogP contribution is 2.16. The van der Waals surface area contributed by atoms with Gasteiger partial charge >= 0.3 is 0 Å². The SMILES string of the molecule is CCNC(=NCCCS(=O)(=O)c1ccccc1)N1CCN(c2ccccc2)CC1. The molecule has 7 heteroatoms.